The van der Waals surface area contributed by atoms with Gasteiger partial charge in [-0.1, -0.05) is 79.2 Å². The van der Waals surface area contributed by atoms with E-state index in [0.717, 1.165) is 6.42 Å². The first-order chi connectivity index (χ1) is 12.1. The lowest BCUT2D eigenvalue weighted by Crippen LogP contribution is -2.29. The van der Waals surface area contributed by atoms with E-state index in [1.54, 1.807) is 0 Å². The highest BCUT2D eigenvalue weighted by Crippen LogP contribution is 2.47. The molecule has 128 valence electrons. The molecule has 0 bridgehead atoms. The van der Waals surface area contributed by atoms with Crippen LogP contribution in [-0.2, 0) is 11.3 Å². The molecule has 0 aromatic heterocycles. The normalized spacial score (nSPS) is 28.2. The van der Waals surface area contributed by atoms with Gasteiger partial charge in [-0.25, -0.2) is 0 Å². The summed E-state index contributed by atoms with van der Waals surface area (Å²) in [4.78, 5) is 15.4. The molecule has 1 saturated heterocycles. The summed E-state index contributed by atoms with van der Waals surface area (Å²) in [6, 6.07) is 19.1. The number of aryl methyl sites for hydroxylation is 1. The van der Waals surface area contributed by atoms with Crippen LogP contribution in [0.2, 0.25) is 0 Å². The molecule has 1 fully saturated rings. The van der Waals surface area contributed by atoms with Crippen molar-refractivity contribution < 1.29 is 4.79 Å². The number of hydrogen-bond acceptors (Lipinski definition) is 1. The van der Waals surface area contributed by atoms with E-state index in [9.17, 15) is 4.79 Å². The first-order valence-electron chi connectivity index (χ1n) is 9.23. The highest BCUT2D eigenvalue weighted by Gasteiger charge is 2.48. The van der Waals surface area contributed by atoms with Crippen LogP contribution in [0.15, 0.2) is 66.7 Å². The molecule has 2 aromatic rings. The van der Waals surface area contributed by atoms with Gasteiger partial charge in [0.15, 0.2) is 0 Å². The Kier molecular flexibility index (Phi) is 4.20. The van der Waals surface area contributed by atoms with Crippen molar-refractivity contribution in [3.05, 3.63) is 83.4 Å². The van der Waals surface area contributed by atoms with Gasteiger partial charge in [0.2, 0.25) is 5.91 Å². The summed E-state index contributed by atoms with van der Waals surface area (Å²) in [7, 11) is 0. The molecule has 0 N–H and O–H groups in total. The van der Waals surface area contributed by atoms with Crippen LogP contribution in [-0.4, -0.2) is 10.8 Å². The minimum Gasteiger partial charge on any atom is -0.330 e. The van der Waals surface area contributed by atoms with E-state index in [4.69, 9.17) is 0 Å². The van der Waals surface area contributed by atoms with E-state index in [-0.39, 0.29) is 17.9 Å². The highest BCUT2D eigenvalue weighted by molar-refractivity contribution is 5.83. The molecule has 1 heterocycles. The quantitative estimate of drug-likeness (QED) is 0.732. The maximum Gasteiger partial charge on any atom is 0.227 e. The zero-order valence-electron chi connectivity index (χ0n) is 14.9. The van der Waals surface area contributed by atoms with Gasteiger partial charge in [-0.2, -0.15) is 0 Å². The molecule has 2 heteroatoms. The van der Waals surface area contributed by atoms with Crippen LogP contribution in [0.4, 0.5) is 0 Å². The summed E-state index contributed by atoms with van der Waals surface area (Å²) in [6.07, 6.45) is 5.56. The van der Waals surface area contributed by atoms with Crippen molar-refractivity contribution >= 4 is 5.91 Å². The fraction of sp³-hybridized carbons (Fsp3) is 0.348. The second-order valence-electron chi connectivity index (χ2n) is 7.59. The van der Waals surface area contributed by atoms with Crippen LogP contribution in [0.25, 0.3) is 0 Å². The molecule has 1 unspecified atom stereocenters. The maximum absolute atomic E-state index is 13.3. The van der Waals surface area contributed by atoms with Gasteiger partial charge in [-0.05, 0) is 30.4 Å². The highest BCUT2D eigenvalue weighted by atomic mass is 16.2. The fourth-order valence-corrected chi connectivity index (χ4v) is 4.45. The van der Waals surface area contributed by atoms with Crippen molar-refractivity contribution in [3.8, 4) is 0 Å². The Morgan fingerprint density at radius 3 is 2.60 bits per heavy atom. The third-order valence-electron chi connectivity index (χ3n) is 5.63. The molecular weight excluding hydrogens is 306 g/mol. The molecule has 2 nitrogen and oxygen atoms in total. The fourth-order valence-electron chi connectivity index (χ4n) is 4.45. The number of carbonyl (C=O) groups is 1. The summed E-state index contributed by atoms with van der Waals surface area (Å²) in [5.41, 5.74) is 3.71. The zero-order valence-corrected chi connectivity index (χ0v) is 14.9. The number of likely N-dealkylation sites (tertiary alicyclic amines) is 1. The lowest BCUT2D eigenvalue weighted by atomic mass is 9.77. The molecule has 2 aliphatic rings. The van der Waals surface area contributed by atoms with E-state index in [0.29, 0.717) is 18.4 Å². The standard InChI is InChI=1S/C23H25NO/c1-16-7-6-10-19(13-16)22-20-12-11-17(2)14-21(20)23(25)24(22)15-18-8-4-3-5-9-18/h3-13,17,20-22H,14-15H2,1-2H3/t17?,20-,21-,22-/m1/s1. The van der Waals surface area contributed by atoms with Crippen LogP contribution in [0.3, 0.4) is 0 Å². The molecule has 1 amide bonds. The number of amides is 1. The van der Waals surface area contributed by atoms with Crippen molar-refractivity contribution in [1.82, 2.24) is 4.90 Å². The molecule has 1 aliphatic carbocycles. The van der Waals surface area contributed by atoms with Crippen molar-refractivity contribution in [2.24, 2.45) is 17.8 Å². The van der Waals surface area contributed by atoms with Crippen LogP contribution in [0.5, 0.6) is 0 Å². The smallest absolute Gasteiger partial charge is 0.227 e. The Balaban J connectivity index is 1.74. The number of benzene rings is 2. The van der Waals surface area contributed by atoms with E-state index >= 15 is 0 Å². The lowest BCUT2D eigenvalue weighted by molar-refractivity contribution is -0.133. The third kappa shape index (κ3) is 3.02. The van der Waals surface area contributed by atoms with Crippen LogP contribution in [0, 0.1) is 24.7 Å². The predicted octanol–water partition coefficient (Wildman–Crippen LogP) is 4.91. The van der Waals surface area contributed by atoms with Crippen LogP contribution >= 0.6 is 0 Å². The van der Waals surface area contributed by atoms with Crippen LogP contribution < -0.4 is 0 Å². The number of allylic oxidation sites excluding steroid dienone is 1. The molecule has 0 saturated carbocycles. The Morgan fingerprint density at radius 1 is 1.04 bits per heavy atom. The van der Waals surface area contributed by atoms with Gasteiger partial charge in [0.25, 0.3) is 0 Å². The van der Waals surface area contributed by atoms with Gasteiger partial charge in [-0.15, -0.1) is 0 Å². The largest absolute Gasteiger partial charge is 0.330 e. The summed E-state index contributed by atoms with van der Waals surface area (Å²) >= 11 is 0. The Hall–Kier alpha value is -2.35. The molecule has 4 atom stereocenters. The molecular formula is C23H25NO. The molecule has 25 heavy (non-hydrogen) atoms. The van der Waals surface area contributed by atoms with Crippen molar-refractivity contribution in [3.63, 3.8) is 0 Å². The van der Waals surface area contributed by atoms with E-state index in [1.165, 1.54) is 16.7 Å². The SMILES string of the molecule is Cc1cccc([C@@H]2[C@@H]3C=CC(C)C[C@H]3C(=O)N2Cc2ccccc2)c1. The topological polar surface area (TPSA) is 20.3 Å². The van der Waals surface area contributed by atoms with Crippen molar-refractivity contribution in [2.45, 2.75) is 32.9 Å². The van der Waals surface area contributed by atoms with Crippen molar-refractivity contribution in [1.29, 1.82) is 0 Å². The van der Waals surface area contributed by atoms with Gasteiger partial charge < -0.3 is 4.90 Å². The van der Waals surface area contributed by atoms with Gasteiger partial charge in [0.05, 0.1) is 6.04 Å². The van der Waals surface area contributed by atoms with Gasteiger partial charge in [0.1, 0.15) is 0 Å². The third-order valence-corrected chi connectivity index (χ3v) is 5.63. The second kappa shape index (κ2) is 6.51. The van der Waals surface area contributed by atoms with Gasteiger partial charge in [0, 0.05) is 18.4 Å². The maximum atomic E-state index is 13.3. The average Bonchev–Trinajstić information content (AvgIpc) is 2.88. The predicted molar refractivity (Wildman–Crippen MR) is 101 cm³/mol. The lowest BCUT2D eigenvalue weighted by Gasteiger charge is -2.29. The molecule has 1 aliphatic heterocycles. The molecule has 4 rings (SSSR count). The number of rotatable bonds is 3. The Labute approximate surface area is 150 Å². The monoisotopic (exact) mass is 331 g/mol. The number of nitrogens with zero attached hydrogens (tertiary/aromatic N) is 1. The summed E-state index contributed by atoms with van der Waals surface area (Å²) < 4.78 is 0. The van der Waals surface area contributed by atoms with E-state index in [1.807, 2.05) is 18.2 Å². The second-order valence-corrected chi connectivity index (χ2v) is 7.59. The minimum absolute atomic E-state index is 0.120. The molecule has 2 aromatic carbocycles. The number of carbonyl (C=O) groups excluding carboxylic acids is 1. The van der Waals surface area contributed by atoms with Gasteiger partial charge >= 0.3 is 0 Å². The zero-order chi connectivity index (χ0) is 17.4. The number of hydrogen-bond donors (Lipinski definition) is 0. The number of fused-ring (bicyclic) bond motifs is 1. The minimum atomic E-state index is 0.120. The van der Waals surface area contributed by atoms with Crippen LogP contribution in [0.1, 0.15) is 36.1 Å². The first kappa shape index (κ1) is 16.1. The first-order valence-corrected chi connectivity index (χ1v) is 9.23. The van der Waals surface area contributed by atoms with E-state index in [2.05, 4.69) is 67.3 Å². The molecule has 0 spiro atoms. The summed E-state index contributed by atoms with van der Waals surface area (Å²) in [5.74, 6) is 1.21. The Morgan fingerprint density at radius 2 is 1.84 bits per heavy atom. The summed E-state index contributed by atoms with van der Waals surface area (Å²) in [5, 5.41) is 0. The van der Waals surface area contributed by atoms with Crippen molar-refractivity contribution in [2.75, 3.05) is 0 Å². The Bertz CT molecular complexity index is 795. The van der Waals surface area contributed by atoms with Gasteiger partial charge in [-0.3, -0.25) is 4.79 Å². The average molecular weight is 331 g/mol. The van der Waals surface area contributed by atoms with E-state index < -0.39 is 0 Å². The molecule has 0 radical (unpaired) electrons. The summed E-state index contributed by atoms with van der Waals surface area (Å²) in [6.45, 7) is 5.02.